The Kier molecular flexibility index (Phi) is 23.0. The second-order valence-corrected chi connectivity index (χ2v) is 36.1. The summed E-state index contributed by atoms with van der Waals surface area (Å²) >= 11 is 26.2. The first kappa shape index (κ1) is 63.0. The third-order valence-corrected chi connectivity index (χ3v) is 32.0. The molecule has 0 saturated carbocycles. The van der Waals surface area contributed by atoms with Gasteiger partial charge in [0.1, 0.15) is 24.7 Å². The first-order valence-electron chi connectivity index (χ1n) is 27.8. The van der Waals surface area contributed by atoms with E-state index in [1.165, 1.54) is 62.0 Å². The minimum atomic E-state index is 0.468. The van der Waals surface area contributed by atoms with Gasteiger partial charge in [-0.05, 0) is 120 Å². The number of aromatic nitrogens is 2. The molecule has 6 nitrogen and oxygen atoms in total. The van der Waals surface area contributed by atoms with E-state index in [2.05, 4.69) is 193 Å². The fraction of sp³-hybridized carbons (Fsp3) is 0.118. The quantitative estimate of drug-likeness (QED) is 0.0381. The van der Waals surface area contributed by atoms with Crippen LogP contribution in [0.15, 0.2) is 279 Å². The fourth-order valence-corrected chi connectivity index (χ4v) is 27.9. The Balaban J connectivity index is 0.554. The van der Waals surface area contributed by atoms with Gasteiger partial charge in [0.2, 0.25) is 0 Å². The van der Waals surface area contributed by atoms with Gasteiger partial charge in [0, 0.05) is 53.0 Å². The summed E-state index contributed by atoms with van der Waals surface area (Å²) in [5.74, 6) is 3.32. The maximum absolute atomic E-state index is 6.14. The van der Waals surface area contributed by atoms with E-state index >= 15 is 0 Å². The van der Waals surface area contributed by atoms with E-state index in [0.717, 1.165) is 67.3 Å². The monoisotopic (exact) mass is 1410 g/mol. The van der Waals surface area contributed by atoms with Crippen molar-refractivity contribution in [2.24, 2.45) is 0 Å². The predicted octanol–water partition coefficient (Wildman–Crippen LogP) is 23.6. The van der Waals surface area contributed by atoms with E-state index in [4.69, 9.17) is 28.9 Å². The molecule has 0 unspecified atom stereocenters. The van der Waals surface area contributed by atoms with E-state index in [1.54, 1.807) is 0 Å². The van der Waals surface area contributed by atoms with Crippen molar-refractivity contribution in [3.8, 4) is 34.0 Å². The highest BCUT2D eigenvalue weighted by Crippen LogP contribution is 2.66. The highest BCUT2D eigenvalue weighted by Gasteiger charge is 2.30. The predicted molar refractivity (Wildman–Crippen MR) is 400 cm³/mol. The molecule has 13 rings (SSSR count). The number of thioether (sulfide) groups is 14. The second-order valence-electron chi connectivity index (χ2n) is 19.0. The molecule has 6 heterocycles. The van der Waals surface area contributed by atoms with Gasteiger partial charge >= 0.3 is 0 Å². The van der Waals surface area contributed by atoms with Gasteiger partial charge in [-0.15, -0.1) is 23.5 Å². The number of ether oxygens (including phenoxy) is 4. The molecule has 0 N–H and O–H groups in total. The molecule has 0 fully saturated rings. The van der Waals surface area contributed by atoms with E-state index in [1.807, 2.05) is 189 Å². The summed E-state index contributed by atoms with van der Waals surface area (Å²) in [7, 11) is 0. The first-order chi connectivity index (χ1) is 43.5. The van der Waals surface area contributed by atoms with Gasteiger partial charge in [-0.25, -0.2) is 9.97 Å². The van der Waals surface area contributed by atoms with Gasteiger partial charge in [-0.3, -0.25) is 0 Å². The summed E-state index contributed by atoms with van der Waals surface area (Å²) in [5, 5.41) is 6.65. The molecule has 0 amide bonds. The molecule has 0 radical (unpaired) electrons. The largest absolute Gasteiger partial charge is 0.491 e. The number of hydrogen-bond acceptors (Lipinski definition) is 20. The standard InChI is InChI=1S/C68H52N2O4S14/c1-5-13-51(14-6-1)79-57-43-77-63(83-57)67-85-61(65(87-67)81-53-17-9-3-10-18-53)75-41-39-71-35-37-73-49-29-23-45(24-30-49)55-33-27-47-21-22-48-28-34-56(70-60(48)59(47)69-55)46-25-31-50(32-26-46)74-38-36-72-40-42-76-62-66(82-54-19-11-4-12-20-54)88-68(86-62)64-78-44-58(84-64)80-52-15-7-2-8-16-52/h1-34,43-44H,35-42H2/b67-63+,68-64+. The van der Waals surface area contributed by atoms with Crippen LogP contribution < -0.4 is 9.47 Å². The number of fused-ring (bicyclic) bond motifs is 3. The zero-order valence-corrected chi connectivity index (χ0v) is 58.1. The zero-order valence-electron chi connectivity index (χ0n) is 46.7. The van der Waals surface area contributed by atoms with Crippen molar-refractivity contribution < 1.29 is 18.9 Å². The van der Waals surface area contributed by atoms with Gasteiger partial charge in [0.25, 0.3) is 0 Å². The van der Waals surface area contributed by atoms with Crippen molar-refractivity contribution in [1.82, 2.24) is 9.97 Å². The highest BCUT2D eigenvalue weighted by molar-refractivity contribution is 8.44. The molecule has 9 aromatic rings. The highest BCUT2D eigenvalue weighted by atomic mass is 32.3. The third kappa shape index (κ3) is 17.3. The van der Waals surface area contributed by atoms with Crippen LogP contribution >= 0.6 is 165 Å². The van der Waals surface area contributed by atoms with Crippen LogP contribution in [0.4, 0.5) is 0 Å². The Bertz CT molecular complexity index is 3830. The minimum Gasteiger partial charge on any atom is -0.491 e. The van der Waals surface area contributed by atoms with Crippen LogP contribution in [0, 0.1) is 0 Å². The van der Waals surface area contributed by atoms with Crippen molar-refractivity contribution in [3.05, 3.63) is 259 Å². The smallest absolute Gasteiger partial charge is 0.119 e. The van der Waals surface area contributed by atoms with Gasteiger partial charge in [-0.2, -0.15) is 0 Å². The average molecular weight is 1410 g/mol. The van der Waals surface area contributed by atoms with Crippen LogP contribution in [0.5, 0.6) is 11.5 Å². The van der Waals surface area contributed by atoms with E-state index in [0.29, 0.717) is 39.6 Å². The number of rotatable bonds is 26. The van der Waals surface area contributed by atoms with Gasteiger partial charge in [0.15, 0.2) is 0 Å². The van der Waals surface area contributed by atoms with Crippen LogP contribution in [-0.2, 0) is 9.47 Å². The van der Waals surface area contributed by atoms with Crippen molar-refractivity contribution in [1.29, 1.82) is 0 Å². The van der Waals surface area contributed by atoms with Crippen LogP contribution in [0.1, 0.15) is 0 Å². The van der Waals surface area contributed by atoms with E-state index < -0.39 is 0 Å². The normalized spacial score (nSPS) is 16.8. The molecule has 0 atom stereocenters. The molecule has 2 aromatic heterocycles. The third-order valence-electron chi connectivity index (χ3n) is 12.9. The zero-order chi connectivity index (χ0) is 59.1. The lowest BCUT2D eigenvalue weighted by atomic mass is 10.1. The van der Waals surface area contributed by atoms with Crippen molar-refractivity contribution in [2.45, 2.75) is 19.6 Å². The molecular formula is C68H52N2O4S14. The summed E-state index contributed by atoms with van der Waals surface area (Å²) in [6, 6.07) is 71.5. The molecule has 20 heteroatoms. The maximum Gasteiger partial charge on any atom is 0.119 e. The fourth-order valence-electron chi connectivity index (χ4n) is 8.73. The Labute approximate surface area is 573 Å². The summed E-state index contributed by atoms with van der Waals surface area (Å²) in [6.45, 7) is 3.24. The van der Waals surface area contributed by atoms with Crippen molar-refractivity contribution in [3.63, 3.8) is 0 Å². The molecular weight excluding hydrogens is 1360 g/mol. The topological polar surface area (TPSA) is 62.7 Å². The molecule has 442 valence electrons. The van der Waals surface area contributed by atoms with E-state index in [-0.39, 0.29) is 0 Å². The van der Waals surface area contributed by atoms with Crippen molar-refractivity contribution in [2.75, 3.05) is 51.1 Å². The van der Waals surface area contributed by atoms with E-state index in [9.17, 15) is 0 Å². The minimum absolute atomic E-state index is 0.468. The molecule has 4 aliphatic rings. The lowest BCUT2D eigenvalue weighted by Crippen LogP contribution is -2.08. The van der Waals surface area contributed by atoms with Gasteiger partial charge in [0.05, 0.1) is 91.2 Å². The maximum atomic E-state index is 6.14. The van der Waals surface area contributed by atoms with Crippen LogP contribution in [0.3, 0.4) is 0 Å². The SMILES string of the molecule is C1=C(Sc2ccccc2)S/C(=C2\SC(SCCOCCOc3ccc(-c4ccc5ccc6ccc(-c7ccc(OCCOCCSC8=C(Sc9ccccc9)S/C(=C9\SC=C(Sc%10ccccc%10)S9)S8)cc7)nc6c5n4)cc3)=C(Sc3ccccc3)S2)S1. The molecule has 7 aromatic carbocycles. The number of nitrogens with zero attached hydrogens (tertiary/aromatic N) is 2. The number of hydrogen-bond donors (Lipinski definition) is 0. The molecule has 4 aliphatic heterocycles. The van der Waals surface area contributed by atoms with Crippen LogP contribution in [-0.4, -0.2) is 61.1 Å². The Morgan fingerprint density at radius 3 is 1.08 bits per heavy atom. The average Bonchev–Trinajstić information content (AvgIpc) is 4.59. The number of pyridine rings is 2. The first-order valence-corrected chi connectivity index (χ1v) is 39.7. The van der Waals surface area contributed by atoms with Crippen LogP contribution in [0.25, 0.3) is 44.3 Å². The molecule has 0 saturated heterocycles. The molecule has 0 spiro atoms. The molecule has 0 aliphatic carbocycles. The summed E-state index contributed by atoms with van der Waals surface area (Å²) < 4.78 is 37.9. The Morgan fingerprint density at radius 2 is 0.682 bits per heavy atom. The summed E-state index contributed by atoms with van der Waals surface area (Å²) in [4.78, 5) is 15.4. The summed E-state index contributed by atoms with van der Waals surface area (Å²) in [6.07, 6.45) is 0. The van der Waals surface area contributed by atoms with Gasteiger partial charge in [-0.1, -0.05) is 238 Å². The van der Waals surface area contributed by atoms with Crippen molar-refractivity contribution >= 4 is 186 Å². The number of benzene rings is 7. The van der Waals surface area contributed by atoms with Gasteiger partial charge < -0.3 is 18.9 Å². The molecule has 0 bridgehead atoms. The van der Waals surface area contributed by atoms with Crippen LogP contribution in [0.2, 0.25) is 0 Å². The lowest BCUT2D eigenvalue weighted by Gasteiger charge is -2.10. The Hall–Kier alpha value is -3.78. The summed E-state index contributed by atoms with van der Waals surface area (Å²) in [5.41, 5.74) is 5.50. The Morgan fingerprint density at radius 1 is 0.318 bits per heavy atom. The molecule has 88 heavy (non-hydrogen) atoms. The second kappa shape index (κ2) is 32.2. The lowest BCUT2D eigenvalue weighted by molar-refractivity contribution is 0.112.